The number of nitrogens with one attached hydrogen (secondary N) is 1. The predicted molar refractivity (Wildman–Crippen MR) is 120 cm³/mol. The molecular formula is C25H33N3O3. The average molecular weight is 424 g/mol. The number of nitrogens with zero attached hydrogens (tertiary/aromatic N) is 2. The maximum absolute atomic E-state index is 13.3. The van der Waals surface area contributed by atoms with Crippen LogP contribution in [-0.2, 0) is 4.84 Å². The largest absolute Gasteiger partial charge is 0.496 e. The zero-order valence-electron chi connectivity index (χ0n) is 18.4. The van der Waals surface area contributed by atoms with E-state index in [-0.39, 0.29) is 17.7 Å². The number of carbonyl (C=O) groups is 1. The summed E-state index contributed by atoms with van der Waals surface area (Å²) in [7, 11) is 1.66. The Balaban J connectivity index is 1.23. The number of benzene rings is 1. The average Bonchev–Trinajstić information content (AvgIpc) is 3.20. The number of carbonyl (C=O) groups excluding carboxylic acids is 1. The number of methoxy groups -OCH3 is 1. The van der Waals surface area contributed by atoms with Crippen molar-refractivity contribution in [3.63, 3.8) is 0 Å². The molecule has 31 heavy (non-hydrogen) atoms. The molecule has 0 saturated heterocycles. The second-order valence-electron chi connectivity index (χ2n) is 9.99. The van der Waals surface area contributed by atoms with Crippen LogP contribution in [0.2, 0.25) is 0 Å². The van der Waals surface area contributed by atoms with E-state index in [1.54, 1.807) is 13.2 Å². The van der Waals surface area contributed by atoms with Gasteiger partial charge in [0.2, 0.25) is 0 Å². The maximum Gasteiger partial charge on any atom is 0.318 e. The first kappa shape index (κ1) is 20.4. The second-order valence-corrected chi connectivity index (χ2v) is 9.99. The lowest BCUT2D eigenvalue weighted by Crippen LogP contribution is -2.62. The minimum Gasteiger partial charge on any atom is -0.496 e. The highest BCUT2D eigenvalue weighted by molar-refractivity contribution is 6.03. The Hall–Kier alpha value is -2.50. The molecule has 1 atom stereocenters. The van der Waals surface area contributed by atoms with Crippen LogP contribution in [0.5, 0.6) is 5.75 Å². The van der Waals surface area contributed by atoms with Gasteiger partial charge in [0, 0.05) is 24.1 Å². The molecule has 4 aliphatic carbocycles. The standard InChI is InChI=1S/C25H33N3O3/c1-3-8-28(16-20-12-22(27-31-20)21-6-4-5-7-23(21)30-2)24(29)26-25-13-17-9-18(14-25)11-19(10-17)15-25/h3-7,17-20H,1,8-16H2,2H3,(H,26,29)/t17?,18?,19?,20-,25?/m1/s1. The van der Waals surface area contributed by atoms with Gasteiger partial charge in [0.05, 0.1) is 19.4 Å². The molecule has 1 aromatic carbocycles. The number of urea groups is 1. The summed E-state index contributed by atoms with van der Waals surface area (Å²) in [5.41, 5.74) is 1.81. The van der Waals surface area contributed by atoms with Crippen LogP contribution in [0, 0.1) is 17.8 Å². The van der Waals surface area contributed by atoms with E-state index in [4.69, 9.17) is 9.57 Å². The van der Waals surface area contributed by atoms with Gasteiger partial charge in [-0.1, -0.05) is 23.4 Å². The Labute approximate surface area is 184 Å². The minimum absolute atomic E-state index is 0.000845. The molecule has 6 nitrogen and oxygen atoms in total. The number of para-hydroxylation sites is 1. The molecule has 0 unspecified atom stereocenters. The van der Waals surface area contributed by atoms with Crippen molar-refractivity contribution >= 4 is 11.7 Å². The Morgan fingerprint density at radius 2 is 1.94 bits per heavy atom. The van der Waals surface area contributed by atoms with Crippen molar-refractivity contribution in [2.75, 3.05) is 20.2 Å². The summed E-state index contributed by atoms with van der Waals surface area (Å²) in [5.74, 6) is 3.19. The lowest BCUT2D eigenvalue weighted by atomic mass is 9.53. The van der Waals surface area contributed by atoms with Crippen molar-refractivity contribution in [2.24, 2.45) is 22.9 Å². The topological polar surface area (TPSA) is 63.2 Å². The quantitative estimate of drug-likeness (QED) is 0.663. The lowest BCUT2D eigenvalue weighted by molar-refractivity contribution is -0.0166. The summed E-state index contributed by atoms with van der Waals surface area (Å²) in [6.45, 7) is 4.86. The molecule has 2 amide bonds. The highest BCUT2D eigenvalue weighted by Gasteiger charge is 2.51. The molecule has 0 radical (unpaired) electrons. The van der Waals surface area contributed by atoms with Gasteiger partial charge in [-0.2, -0.15) is 0 Å². The van der Waals surface area contributed by atoms with Crippen molar-refractivity contribution in [3.05, 3.63) is 42.5 Å². The van der Waals surface area contributed by atoms with Crippen molar-refractivity contribution in [1.29, 1.82) is 0 Å². The van der Waals surface area contributed by atoms with E-state index in [1.165, 1.54) is 19.3 Å². The van der Waals surface area contributed by atoms with Crippen LogP contribution in [-0.4, -0.2) is 48.5 Å². The summed E-state index contributed by atoms with van der Waals surface area (Å²) in [6.07, 6.45) is 9.81. The Morgan fingerprint density at radius 3 is 2.58 bits per heavy atom. The fourth-order valence-corrected chi connectivity index (χ4v) is 6.78. The minimum atomic E-state index is -0.165. The number of amides is 2. The molecule has 6 heteroatoms. The second kappa shape index (κ2) is 8.21. The van der Waals surface area contributed by atoms with E-state index in [0.29, 0.717) is 19.5 Å². The van der Waals surface area contributed by atoms with Gasteiger partial charge in [-0.05, 0) is 68.4 Å². The molecule has 1 aliphatic heterocycles. The van der Waals surface area contributed by atoms with E-state index in [1.807, 2.05) is 29.2 Å². The molecule has 166 valence electrons. The van der Waals surface area contributed by atoms with Crippen molar-refractivity contribution in [2.45, 2.75) is 56.6 Å². The Bertz CT molecular complexity index is 845. The van der Waals surface area contributed by atoms with E-state index >= 15 is 0 Å². The van der Waals surface area contributed by atoms with Gasteiger partial charge >= 0.3 is 6.03 Å². The molecule has 4 bridgehead atoms. The number of hydrogen-bond donors (Lipinski definition) is 1. The summed E-state index contributed by atoms with van der Waals surface area (Å²) >= 11 is 0. The number of rotatable bonds is 7. The van der Waals surface area contributed by atoms with E-state index in [0.717, 1.165) is 54.0 Å². The fourth-order valence-electron chi connectivity index (χ4n) is 6.78. The third kappa shape index (κ3) is 4.04. The molecule has 1 N–H and O–H groups in total. The molecule has 1 heterocycles. The van der Waals surface area contributed by atoms with Crippen molar-refractivity contribution in [3.8, 4) is 5.75 Å². The van der Waals surface area contributed by atoms with Gasteiger partial charge in [-0.25, -0.2) is 4.79 Å². The summed E-state index contributed by atoms with van der Waals surface area (Å²) < 4.78 is 5.46. The summed E-state index contributed by atoms with van der Waals surface area (Å²) in [6, 6.07) is 7.84. The Kier molecular flexibility index (Phi) is 5.40. The highest BCUT2D eigenvalue weighted by atomic mass is 16.6. The smallest absolute Gasteiger partial charge is 0.318 e. The SMILES string of the molecule is C=CCN(C[C@H]1CC(c2ccccc2OC)=NO1)C(=O)NC12CC3CC(CC(C3)C1)C2. The number of ether oxygens (including phenoxy) is 1. The predicted octanol–water partition coefficient (Wildman–Crippen LogP) is 4.35. The van der Waals surface area contributed by atoms with Gasteiger partial charge in [0.25, 0.3) is 0 Å². The van der Waals surface area contributed by atoms with Crippen LogP contribution in [0.1, 0.15) is 50.5 Å². The van der Waals surface area contributed by atoms with Gasteiger partial charge in [-0.3, -0.25) is 0 Å². The molecule has 6 rings (SSSR count). The van der Waals surface area contributed by atoms with Crippen molar-refractivity contribution < 1.29 is 14.4 Å². The molecule has 0 spiro atoms. The van der Waals surface area contributed by atoms with Crippen LogP contribution < -0.4 is 10.1 Å². The van der Waals surface area contributed by atoms with E-state index in [2.05, 4.69) is 17.1 Å². The molecule has 5 aliphatic rings. The number of hydrogen-bond acceptors (Lipinski definition) is 4. The first-order valence-corrected chi connectivity index (χ1v) is 11.6. The van der Waals surface area contributed by atoms with Crippen LogP contribution in [0.15, 0.2) is 42.1 Å². The molecule has 0 aromatic heterocycles. The normalized spacial score (nSPS) is 32.9. The van der Waals surface area contributed by atoms with Crippen LogP contribution >= 0.6 is 0 Å². The van der Waals surface area contributed by atoms with Gasteiger partial charge in [-0.15, -0.1) is 6.58 Å². The maximum atomic E-state index is 13.3. The summed E-state index contributed by atoms with van der Waals surface area (Å²) in [4.78, 5) is 20.9. The molecule has 4 fully saturated rings. The summed E-state index contributed by atoms with van der Waals surface area (Å²) in [5, 5.41) is 7.77. The van der Waals surface area contributed by atoms with Crippen LogP contribution in [0.3, 0.4) is 0 Å². The molecule has 1 aromatic rings. The fraction of sp³-hybridized carbons (Fsp3) is 0.600. The zero-order valence-corrected chi connectivity index (χ0v) is 18.4. The lowest BCUT2D eigenvalue weighted by Gasteiger charge is -2.57. The zero-order chi connectivity index (χ0) is 21.4. The molecular weight excluding hydrogens is 390 g/mol. The van der Waals surface area contributed by atoms with E-state index < -0.39 is 0 Å². The third-order valence-electron chi connectivity index (χ3n) is 7.62. The van der Waals surface area contributed by atoms with Crippen LogP contribution in [0.25, 0.3) is 0 Å². The molecule has 4 saturated carbocycles. The first-order valence-electron chi connectivity index (χ1n) is 11.6. The van der Waals surface area contributed by atoms with Crippen LogP contribution in [0.4, 0.5) is 4.79 Å². The monoisotopic (exact) mass is 423 g/mol. The highest BCUT2D eigenvalue weighted by Crippen LogP contribution is 2.55. The van der Waals surface area contributed by atoms with Gasteiger partial charge in [0.15, 0.2) is 6.10 Å². The number of oxime groups is 1. The van der Waals surface area contributed by atoms with Crippen molar-refractivity contribution in [1.82, 2.24) is 10.2 Å². The third-order valence-corrected chi connectivity index (χ3v) is 7.62. The van der Waals surface area contributed by atoms with Gasteiger partial charge < -0.3 is 19.8 Å². The first-order chi connectivity index (χ1) is 15.1. The van der Waals surface area contributed by atoms with E-state index in [9.17, 15) is 4.79 Å². The Morgan fingerprint density at radius 1 is 1.26 bits per heavy atom. The van der Waals surface area contributed by atoms with Gasteiger partial charge in [0.1, 0.15) is 5.75 Å².